The Labute approximate surface area is 136 Å². The van der Waals surface area contributed by atoms with Crippen LogP contribution in [0.4, 0.5) is 13.2 Å². The number of amides is 1. The van der Waals surface area contributed by atoms with Gasteiger partial charge in [-0.1, -0.05) is 6.07 Å². The molecule has 128 valence electrons. The zero-order valence-corrected chi connectivity index (χ0v) is 13.0. The Kier molecular flexibility index (Phi) is 4.31. The Morgan fingerprint density at radius 1 is 1.42 bits per heavy atom. The predicted molar refractivity (Wildman–Crippen MR) is 82.0 cm³/mol. The van der Waals surface area contributed by atoms with E-state index in [9.17, 15) is 18.0 Å². The highest BCUT2D eigenvalue weighted by Gasteiger charge is 2.30. The highest BCUT2D eigenvalue weighted by Crippen LogP contribution is 2.30. The number of carbonyl (C=O) groups is 1. The van der Waals surface area contributed by atoms with Crippen LogP contribution in [0.1, 0.15) is 21.6 Å². The van der Waals surface area contributed by atoms with Gasteiger partial charge in [-0.15, -0.1) is 0 Å². The van der Waals surface area contributed by atoms with E-state index in [4.69, 9.17) is 0 Å². The third-order valence-electron chi connectivity index (χ3n) is 4.09. The summed E-state index contributed by atoms with van der Waals surface area (Å²) in [7, 11) is 0. The number of hydrogen-bond acceptors (Lipinski definition) is 3. The number of alkyl halides is 3. The quantitative estimate of drug-likeness (QED) is 0.898. The summed E-state index contributed by atoms with van der Waals surface area (Å²) in [4.78, 5) is 12.2. The van der Waals surface area contributed by atoms with E-state index in [0.29, 0.717) is 23.7 Å². The van der Waals surface area contributed by atoms with Gasteiger partial charge in [0.15, 0.2) is 0 Å². The number of halogens is 3. The zero-order chi connectivity index (χ0) is 17.3. The predicted octanol–water partition coefficient (Wildman–Crippen LogP) is 2.15. The molecule has 3 rings (SSSR count). The van der Waals surface area contributed by atoms with E-state index >= 15 is 0 Å². The fourth-order valence-electron chi connectivity index (χ4n) is 2.53. The molecule has 2 N–H and O–H groups in total. The van der Waals surface area contributed by atoms with Crippen LogP contribution in [0, 0.1) is 12.8 Å². The third kappa shape index (κ3) is 3.28. The van der Waals surface area contributed by atoms with Gasteiger partial charge < -0.3 is 10.6 Å². The molecule has 0 radical (unpaired) electrons. The van der Waals surface area contributed by atoms with E-state index in [1.54, 1.807) is 6.92 Å². The van der Waals surface area contributed by atoms with Crippen LogP contribution in [0.25, 0.3) is 5.69 Å². The van der Waals surface area contributed by atoms with Crippen LogP contribution in [0.2, 0.25) is 0 Å². The van der Waals surface area contributed by atoms with Gasteiger partial charge in [-0.05, 0) is 25.1 Å². The van der Waals surface area contributed by atoms with E-state index < -0.39 is 11.7 Å². The first-order valence-electron chi connectivity index (χ1n) is 7.57. The zero-order valence-electron chi connectivity index (χ0n) is 13.0. The van der Waals surface area contributed by atoms with E-state index in [1.165, 1.54) is 23.0 Å². The van der Waals surface area contributed by atoms with Crippen LogP contribution in [0.15, 0.2) is 30.5 Å². The lowest BCUT2D eigenvalue weighted by Gasteiger charge is -2.27. The molecule has 1 amide bonds. The molecule has 0 atom stereocenters. The van der Waals surface area contributed by atoms with Crippen LogP contribution < -0.4 is 10.6 Å². The second kappa shape index (κ2) is 6.27. The normalized spacial score (nSPS) is 15.2. The number of hydrogen-bond donors (Lipinski definition) is 2. The molecule has 0 spiro atoms. The van der Waals surface area contributed by atoms with E-state index in [1.807, 2.05) is 0 Å². The Balaban J connectivity index is 1.80. The van der Waals surface area contributed by atoms with Gasteiger partial charge in [0.25, 0.3) is 5.91 Å². The van der Waals surface area contributed by atoms with Crippen molar-refractivity contribution in [3.63, 3.8) is 0 Å². The van der Waals surface area contributed by atoms with Gasteiger partial charge in [0.1, 0.15) is 0 Å². The second-order valence-corrected chi connectivity index (χ2v) is 5.84. The number of aromatic nitrogens is 2. The van der Waals surface area contributed by atoms with Gasteiger partial charge in [-0.3, -0.25) is 4.79 Å². The Morgan fingerprint density at radius 2 is 2.17 bits per heavy atom. The lowest BCUT2D eigenvalue weighted by molar-refractivity contribution is -0.137. The maximum atomic E-state index is 12.8. The third-order valence-corrected chi connectivity index (χ3v) is 4.09. The number of benzene rings is 1. The summed E-state index contributed by atoms with van der Waals surface area (Å²) in [5, 5.41) is 10.0. The Bertz CT molecular complexity index is 750. The van der Waals surface area contributed by atoms with Crippen molar-refractivity contribution in [2.24, 2.45) is 5.92 Å². The first-order valence-corrected chi connectivity index (χ1v) is 7.57. The highest BCUT2D eigenvalue weighted by atomic mass is 19.4. The summed E-state index contributed by atoms with van der Waals surface area (Å²) in [6.45, 7) is 3.98. The molecule has 1 aromatic heterocycles. The maximum Gasteiger partial charge on any atom is 0.416 e. The van der Waals surface area contributed by atoms with Gasteiger partial charge >= 0.3 is 6.18 Å². The first kappa shape index (κ1) is 16.5. The molecule has 24 heavy (non-hydrogen) atoms. The highest BCUT2D eigenvalue weighted by molar-refractivity contribution is 5.95. The van der Waals surface area contributed by atoms with Crippen LogP contribution >= 0.6 is 0 Å². The lowest BCUT2D eigenvalue weighted by Crippen LogP contribution is -2.48. The van der Waals surface area contributed by atoms with Crippen molar-refractivity contribution in [1.29, 1.82) is 0 Å². The van der Waals surface area contributed by atoms with E-state index in [-0.39, 0.29) is 11.6 Å². The molecule has 1 saturated heterocycles. The largest absolute Gasteiger partial charge is 0.416 e. The van der Waals surface area contributed by atoms with E-state index in [0.717, 1.165) is 25.2 Å². The molecule has 5 nitrogen and oxygen atoms in total. The van der Waals surface area contributed by atoms with Crippen molar-refractivity contribution in [2.45, 2.75) is 13.1 Å². The van der Waals surface area contributed by atoms with Gasteiger partial charge in [-0.25, -0.2) is 4.68 Å². The number of nitrogens with one attached hydrogen (secondary N) is 2. The molecule has 1 aromatic carbocycles. The van der Waals surface area contributed by atoms with Crippen molar-refractivity contribution in [3.05, 3.63) is 47.3 Å². The molecule has 0 unspecified atom stereocenters. The summed E-state index contributed by atoms with van der Waals surface area (Å²) >= 11 is 0. The number of nitrogens with zero attached hydrogens (tertiary/aromatic N) is 2. The van der Waals surface area contributed by atoms with Gasteiger partial charge in [-0.2, -0.15) is 18.3 Å². The Morgan fingerprint density at radius 3 is 2.79 bits per heavy atom. The molecule has 2 aromatic rings. The minimum Gasteiger partial charge on any atom is -0.352 e. The molecule has 0 bridgehead atoms. The standard InChI is InChI=1S/C16H17F3N4O/c1-10-14(15(24)21-8-11-6-20-7-11)9-22-23(10)13-4-2-3-12(5-13)16(17,18)19/h2-5,9,11,20H,6-8H2,1H3,(H,21,24). The smallest absolute Gasteiger partial charge is 0.352 e. The number of carbonyl (C=O) groups excluding carboxylic acids is 1. The van der Waals surface area contributed by atoms with Crippen molar-refractivity contribution < 1.29 is 18.0 Å². The molecule has 1 aliphatic heterocycles. The molecule has 0 saturated carbocycles. The molecular weight excluding hydrogens is 321 g/mol. The van der Waals surface area contributed by atoms with E-state index in [2.05, 4.69) is 15.7 Å². The van der Waals surface area contributed by atoms with Crippen molar-refractivity contribution in [1.82, 2.24) is 20.4 Å². The van der Waals surface area contributed by atoms with Crippen LogP contribution in [-0.2, 0) is 6.18 Å². The SMILES string of the molecule is Cc1c(C(=O)NCC2CNC2)cnn1-c1cccc(C(F)(F)F)c1. The topological polar surface area (TPSA) is 59.0 Å². The van der Waals surface area contributed by atoms with Crippen LogP contribution in [0.3, 0.4) is 0 Å². The van der Waals surface area contributed by atoms with Gasteiger partial charge in [0.05, 0.1) is 28.7 Å². The maximum absolute atomic E-state index is 12.8. The molecule has 1 aliphatic rings. The van der Waals surface area contributed by atoms with Crippen molar-refractivity contribution in [2.75, 3.05) is 19.6 Å². The summed E-state index contributed by atoms with van der Waals surface area (Å²) in [6, 6.07) is 4.86. The van der Waals surface area contributed by atoms with Crippen LogP contribution in [0.5, 0.6) is 0 Å². The van der Waals surface area contributed by atoms with Crippen molar-refractivity contribution in [3.8, 4) is 5.69 Å². The molecule has 1 fully saturated rings. The van der Waals surface area contributed by atoms with Gasteiger partial charge in [0, 0.05) is 25.6 Å². The summed E-state index contributed by atoms with van der Waals surface area (Å²) < 4.78 is 39.8. The average molecular weight is 338 g/mol. The average Bonchev–Trinajstić information content (AvgIpc) is 2.86. The minimum absolute atomic E-state index is 0.266. The summed E-state index contributed by atoms with van der Waals surface area (Å²) in [5.74, 6) is 0.158. The number of rotatable bonds is 4. The molecule has 2 heterocycles. The first-order chi connectivity index (χ1) is 11.4. The fourth-order valence-corrected chi connectivity index (χ4v) is 2.53. The minimum atomic E-state index is -4.42. The molecule has 0 aliphatic carbocycles. The molecule has 8 heteroatoms. The van der Waals surface area contributed by atoms with Gasteiger partial charge in [0.2, 0.25) is 0 Å². The summed E-state index contributed by atoms with van der Waals surface area (Å²) in [6.07, 6.45) is -3.04. The fraction of sp³-hybridized carbons (Fsp3) is 0.375. The summed E-state index contributed by atoms with van der Waals surface area (Å²) in [5.41, 5.74) is 0.376. The van der Waals surface area contributed by atoms with Crippen LogP contribution in [-0.4, -0.2) is 35.3 Å². The van der Waals surface area contributed by atoms with Crippen molar-refractivity contribution >= 4 is 5.91 Å². The second-order valence-electron chi connectivity index (χ2n) is 5.84. The lowest BCUT2D eigenvalue weighted by atomic mass is 10.0. The molecular formula is C16H17F3N4O. The Hall–Kier alpha value is -2.35. The monoisotopic (exact) mass is 338 g/mol.